The van der Waals surface area contributed by atoms with E-state index in [9.17, 15) is 4.79 Å². The highest BCUT2D eigenvalue weighted by Gasteiger charge is 2.16. The van der Waals surface area contributed by atoms with Crippen molar-refractivity contribution in [2.75, 3.05) is 0 Å². The molecule has 0 radical (unpaired) electrons. The lowest BCUT2D eigenvalue weighted by atomic mass is 9.98. The van der Waals surface area contributed by atoms with Gasteiger partial charge in [-0.05, 0) is 23.3 Å². The predicted octanol–water partition coefficient (Wildman–Crippen LogP) is 5.05. The average molecular weight is 312 g/mol. The second kappa shape index (κ2) is 6.17. The summed E-state index contributed by atoms with van der Waals surface area (Å²) in [6.07, 6.45) is 0.588. The van der Waals surface area contributed by atoms with Gasteiger partial charge in [0.05, 0.1) is 10.9 Å². The number of hydrogen-bond donors (Lipinski definition) is 0. The molecule has 2 nitrogen and oxygen atoms in total. The van der Waals surface area contributed by atoms with Crippen LogP contribution in [0.15, 0.2) is 94.1 Å². The first kappa shape index (κ1) is 14.5. The van der Waals surface area contributed by atoms with E-state index in [2.05, 4.69) is 0 Å². The van der Waals surface area contributed by atoms with Crippen molar-refractivity contribution in [2.24, 2.45) is 0 Å². The van der Waals surface area contributed by atoms with Crippen LogP contribution in [-0.4, -0.2) is 0 Å². The quantitative estimate of drug-likeness (QED) is 0.530. The van der Waals surface area contributed by atoms with E-state index in [1.54, 1.807) is 0 Å². The van der Waals surface area contributed by atoms with E-state index in [1.165, 1.54) is 0 Å². The van der Waals surface area contributed by atoms with Gasteiger partial charge in [-0.15, -0.1) is 0 Å². The molecule has 4 aromatic rings. The highest BCUT2D eigenvalue weighted by molar-refractivity contribution is 5.82. The Morgan fingerprint density at radius 3 is 2.08 bits per heavy atom. The first-order chi connectivity index (χ1) is 11.8. The van der Waals surface area contributed by atoms with Crippen LogP contribution in [0.4, 0.5) is 0 Å². The number of hydrogen-bond acceptors (Lipinski definition) is 2. The summed E-state index contributed by atoms with van der Waals surface area (Å²) in [5, 5.41) is 0.619. The maximum Gasteiger partial charge on any atom is 0.200 e. The molecule has 0 aliphatic rings. The van der Waals surface area contributed by atoms with Gasteiger partial charge in [-0.3, -0.25) is 4.79 Å². The van der Waals surface area contributed by atoms with Gasteiger partial charge >= 0.3 is 0 Å². The van der Waals surface area contributed by atoms with Crippen molar-refractivity contribution in [1.29, 1.82) is 0 Å². The van der Waals surface area contributed by atoms with Crippen molar-refractivity contribution in [3.05, 3.63) is 106 Å². The van der Waals surface area contributed by atoms with E-state index >= 15 is 0 Å². The number of rotatable bonds is 3. The third-order valence-electron chi connectivity index (χ3n) is 4.14. The fraction of sp³-hybridized carbons (Fsp3) is 0.0455. The van der Waals surface area contributed by atoms with Gasteiger partial charge in [-0.2, -0.15) is 0 Å². The van der Waals surface area contributed by atoms with Crippen LogP contribution in [0.25, 0.3) is 22.1 Å². The van der Waals surface area contributed by atoms with Crippen molar-refractivity contribution >= 4 is 11.0 Å². The summed E-state index contributed by atoms with van der Waals surface area (Å²) in [7, 11) is 0. The second-order valence-electron chi connectivity index (χ2n) is 5.75. The third-order valence-corrected chi connectivity index (χ3v) is 4.14. The molecule has 24 heavy (non-hydrogen) atoms. The Labute approximate surface area is 140 Å². The van der Waals surface area contributed by atoms with Crippen LogP contribution in [0, 0.1) is 0 Å². The summed E-state index contributed by atoms with van der Waals surface area (Å²) in [4.78, 5) is 13.1. The summed E-state index contributed by atoms with van der Waals surface area (Å²) < 4.78 is 6.13. The molecule has 1 heterocycles. The van der Waals surface area contributed by atoms with Crippen LogP contribution in [-0.2, 0) is 6.42 Å². The molecular weight excluding hydrogens is 296 g/mol. The Hall–Kier alpha value is -3.13. The fourth-order valence-corrected chi connectivity index (χ4v) is 2.99. The van der Waals surface area contributed by atoms with Gasteiger partial charge in [-0.1, -0.05) is 72.8 Å². The Kier molecular flexibility index (Phi) is 3.72. The van der Waals surface area contributed by atoms with Gasteiger partial charge in [-0.25, -0.2) is 0 Å². The first-order valence-corrected chi connectivity index (χ1v) is 7.97. The van der Waals surface area contributed by atoms with Gasteiger partial charge < -0.3 is 4.42 Å². The molecule has 0 spiro atoms. The summed E-state index contributed by atoms with van der Waals surface area (Å²) in [6, 6.07) is 27.2. The summed E-state index contributed by atoms with van der Waals surface area (Å²) in [5.41, 5.74) is 3.32. The SMILES string of the molecule is O=c1c(-c2ccccc2)c(Cc2ccccc2)oc2ccccc12. The molecule has 3 aromatic carbocycles. The third kappa shape index (κ3) is 2.63. The molecule has 2 heteroatoms. The molecule has 0 saturated heterocycles. The minimum Gasteiger partial charge on any atom is -0.460 e. The lowest BCUT2D eigenvalue weighted by molar-refractivity contribution is 0.551. The van der Waals surface area contributed by atoms with Gasteiger partial charge in [0.25, 0.3) is 0 Å². The standard InChI is InChI=1S/C22H16O2/c23-22-18-13-7-8-14-19(18)24-20(15-16-9-3-1-4-10-16)21(22)17-11-5-2-6-12-17/h1-14H,15H2. The van der Waals surface area contributed by atoms with Crippen LogP contribution in [0.3, 0.4) is 0 Å². The number of para-hydroxylation sites is 1. The molecular formula is C22H16O2. The van der Waals surface area contributed by atoms with Gasteiger partial charge in [0, 0.05) is 6.42 Å². The zero-order chi connectivity index (χ0) is 16.4. The molecule has 0 bridgehead atoms. The maximum atomic E-state index is 13.1. The molecule has 0 aliphatic carbocycles. The average Bonchev–Trinajstić information content (AvgIpc) is 2.64. The van der Waals surface area contributed by atoms with Crippen LogP contribution in [0.2, 0.25) is 0 Å². The first-order valence-electron chi connectivity index (χ1n) is 7.97. The topological polar surface area (TPSA) is 30.2 Å². The van der Waals surface area contributed by atoms with Crippen LogP contribution in [0.5, 0.6) is 0 Å². The van der Waals surface area contributed by atoms with Gasteiger partial charge in [0.1, 0.15) is 11.3 Å². The van der Waals surface area contributed by atoms with Crippen molar-refractivity contribution in [3.63, 3.8) is 0 Å². The van der Waals surface area contributed by atoms with Gasteiger partial charge in [0.2, 0.25) is 5.43 Å². The zero-order valence-electron chi connectivity index (χ0n) is 13.1. The van der Waals surface area contributed by atoms with Gasteiger partial charge in [0.15, 0.2) is 0 Å². The maximum absolute atomic E-state index is 13.1. The summed E-state index contributed by atoms with van der Waals surface area (Å²) in [5.74, 6) is 0.705. The summed E-state index contributed by atoms with van der Waals surface area (Å²) in [6.45, 7) is 0. The Morgan fingerprint density at radius 2 is 1.33 bits per heavy atom. The molecule has 0 saturated carbocycles. The normalized spacial score (nSPS) is 10.8. The Morgan fingerprint density at radius 1 is 0.708 bits per heavy atom. The largest absolute Gasteiger partial charge is 0.460 e. The molecule has 4 rings (SSSR count). The molecule has 1 aromatic heterocycles. The van der Waals surface area contributed by atoms with Crippen LogP contribution >= 0.6 is 0 Å². The number of fused-ring (bicyclic) bond motifs is 1. The van der Waals surface area contributed by atoms with Crippen molar-refractivity contribution in [2.45, 2.75) is 6.42 Å². The molecule has 0 aliphatic heterocycles. The van der Waals surface area contributed by atoms with Crippen molar-refractivity contribution in [1.82, 2.24) is 0 Å². The zero-order valence-corrected chi connectivity index (χ0v) is 13.1. The monoisotopic (exact) mass is 312 g/mol. The minimum absolute atomic E-state index is 0.0222. The lowest BCUT2D eigenvalue weighted by Crippen LogP contribution is -2.09. The van der Waals surface area contributed by atoms with Crippen molar-refractivity contribution in [3.8, 4) is 11.1 Å². The predicted molar refractivity (Wildman–Crippen MR) is 97.2 cm³/mol. The molecule has 0 amide bonds. The smallest absolute Gasteiger partial charge is 0.200 e. The summed E-state index contributed by atoms with van der Waals surface area (Å²) >= 11 is 0. The lowest BCUT2D eigenvalue weighted by Gasteiger charge is -2.10. The fourth-order valence-electron chi connectivity index (χ4n) is 2.99. The highest BCUT2D eigenvalue weighted by Crippen LogP contribution is 2.26. The Bertz CT molecular complexity index is 1030. The van der Waals surface area contributed by atoms with E-state index in [0.29, 0.717) is 28.7 Å². The van der Waals surface area contributed by atoms with Crippen molar-refractivity contribution < 1.29 is 4.42 Å². The molecule has 0 atom stereocenters. The molecule has 116 valence electrons. The van der Waals surface area contributed by atoms with E-state index in [4.69, 9.17) is 4.42 Å². The number of benzene rings is 3. The molecule has 0 N–H and O–H groups in total. The highest BCUT2D eigenvalue weighted by atomic mass is 16.3. The van der Waals surface area contributed by atoms with Crippen LogP contribution < -0.4 is 5.43 Å². The molecule has 0 unspecified atom stereocenters. The molecule has 0 fully saturated rings. The van der Waals surface area contributed by atoms with E-state index in [0.717, 1.165) is 11.1 Å². The second-order valence-corrected chi connectivity index (χ2v) is 5.75. The van der Waals surface area contributed by atoms with E-state index in [-0.39, 0.29) is 5.43 Å². The minimum atomic E-state index is 0.0222. The Balaban J connectivity index is 1.98. The van der Waals surface area contributed by atoms with Crippen LogP contribution in [0.1, 0.15) is 11.3 Å². The van der Waals surface area contributed by atoms with E-state index < -0.39 is 0 Å². The van der Waals surface area contributed by atoms with E-state index in [1.807, 2.05) is 84.9 Å².